The Morgan fingerprint density at radius 3 is 2.18 bits per heavy atom. The average molecular weight is 176 g/mol. The lowest BCUT2D eigenvalue weighted by atomic mass is 10.1. The molecule has 0 fully saturated rings. The first kappa shape index (κ1) is 10.5. The van der Waals surface area contributed by atoms with E-state index in [0.29, 0.717) is 0 Å². The van der Waals surface area contributed by atoms with E-state index in [1.54, 1.807) is 0 Å². The molecule has 0 aliphatic rings. The minimum Gasteiger partial charge on any atom is -0.324 e. The molecule has 11 heavy (non-hydrogen) atoms. The van der Waals surface area contributed by atoms with Crippen LogP contribution in [0, 0.1) is 13.8 Å². The number of aryl methyl sites for hydroxylation is 2. The second-order valence-corrected chi connectivity index (χ2v) is 2.64. The second-order valence-electron chi connectivity index (χ2n) is 2.64. The van der Waals surface area contributed by atoms with Crippen LogP contribution in [-0.4, -0.2) is 10.2 Å². The summed E-state index contributed by atoms with van der Waals surface area (Å²) in [5.41, 5.74) is 8.92. The molecule has 1 unspecified atom stereocenters. The van der Waals surface area contributed by atoms with Gasteiger partial charge in [0.1, 0.15) is 0 Å². The van der Waals surface area contributed by atoms with Crippen molar-refractivity contribution in [3.8, 4) is 0 Å². The number of nitrogens with zero attached hydrogens (tertiary/aromatic N) is 1. The fraction of sp³-hybridized carbons (Fsp3) is 0.571. The van der Waals surface area contributed by atoms with Crippen molar-refractivity contribution in [2.45, 2.75) is 26.8 Å². The van der Waals surface area contributed by atoms with Gasteiger partial charge in [-0.15, -0.1) is 12.4 Å². The summed E-state index contributed by atoms with van der Waals surface area (Å²) in [4.78, 5) is 0. The Labute approximate surface area is 72.8 Å². The maximum Gasteiger partial charge on any atom is 0.0641 e. The van der Waals surface area contributed by atoms with Crippen LogP contribution in [0.15, 0.2) is 0 Å². The normalized spacial score (nSPS) is 12.4. The molecule has 0 aromatic carbocycles. The first-order chi connectivity index (χ1) is 4.63. The molecule has 0 saturated carbocycles. The van der Waals surface area contributed by atoms with Gasteiger partial charge in [-0.25, -0.2) is 0 Å². The topological polar surface area (TPSA) is 54.7 Å². The molecule has 0 bridgehead atoms. The summed E-state index contributed by atoms with van der Waals surface area (Å²) in [6, 6.07) is 0.0822. The molecule has 3 N–H and O–H groups in total. The summed E-state index contributed by atoms with van der Waals surface area (Å²) in [5, 5.41) is 6.92. The van der Waals surface area contributed by atoms with Gasteiger partial charge in [-0.2, -0.15) is 5.10 Å². The van der Waals surface area contributed by atoms with Gasteiger partial charge in [0.2, 0.25) is 0 Å². The maximum absolute atomic E-state index is 5.70. The highest BCUT2D eigenvalue weighted by Gasteiger charge is 2.08. The Balaban J connectivity index is 0.000001000. The van der Waals surface area contributed by atoms with Gasteiger partial charge in [0, 0.05) is 17.3 Å². The Bertz CT molecular complexity index is 210. The van der Waals surface area contributed by atoms with E-state index < -0.39 is 0 Å². The van der Waals surface area contributed by atoms with Crippen LogP contribution >= 0.6 is 12.4 Å². The first-order valence-corrected chi connectivity index (χ1v) is 3.40. The van der Waals surface area contributed by atoms with Crippen LogP contribution in [-0.2, 0) is 0 Å². The summed E-state index contributed by atoms with van der Waals surface area (Å²) < 4.78 is 0. The molecular weight excluding hydrogens is 162 g/mol. The predicted octanol–water partition coefficient (Wildman–Crippen LogP) is 1.47. The Morgan fingerprint density at radius 1 is 1.45 bits per heavy atom. The fourth-order valence-electron chi connectivity index (χ4n) is 1.23. The number of aromatic nitrogens is 2. The van der Waals surface area contributed by atoms with Crippen molar-refractivity contribution >= 4 is 12.4 Å². The molecule has 4 heteroatoms. The van der Waals surface area contributed by atoms with Gasteiger partial charge < -0.3 is 5.73 Å². The van der Waals surface area contributed by atoms with Crippen molar-refractivity contribution in [3.05, 3.63) is 17.0 Å². The average Bonchev–Trinajstić information content (AvgIpc) is 2.11. The third-order valence-corrected chi connectivity index (χ3v) is 1.64. The van der Waals surface area contributed by atoms with Crippen LogP contribution in [0.3, 0.4) is 0 Å². The second kappa shape index (κ2) is 3.74. The number of nitrogens with one attached hydrogen (secondary N) is 1. The van der Waals surface area contributed by atoms with Crippen LogP contribution in [0.5, 0.6) is 0 Å². The van der Waals surface area contributed by atoms with Crippen LogP contribution < -0.4 is 5.73 Å². The van der Waals surface area contributed by atoms with Gasteiger partial charge in [0.15, 0.2) is 0 Å². The molecule has 1 aromatic rings. The summed E-state index contributed by atoms with van der Waals surface area (Å²) >= 11 is 0. The zero-order valence-corrected chi connectivity index (χ0v) is 7.83. The van der Waals surface area contributed by atoms with Gasteiger partial charge >= 0.3 is 0 Å². The van der Waals surface area contributed by atoms with E-state index in [2.05, 4.69) is 10.2 Å². The van der Waals surface area contributed by atoms with Crippen LogP contribution in [0.2, 0.25) is 0 Å². The van der Waals surface area contributed by atoms with Crippen LogP contribution in [0.1, 0.15) is 29.9 Å². The summed E-state index contributed by atoms with van der Waals surface area (Å²) in [6.07, 6.45) is 0. The quantitative estimate of drug-likeness (QED) is 0.679. The molecule has 0 radical (unpaired) electrons. The molecule has 0 spiro atoms. The summed E-state index contributed by atoms with van der Waals surface area (Å²) in [7, 11) is 0. The number of hydrogen-bond donors (Lipinski definition) is 2. The Hall–Kier alpha value is -0.540. The third kappa shape index (κ3) is 1.94. The minimum atomic E-state index is 0. The van der Waals surface area contributed by atoms with Crippen molar-refractivity contribution in [1.82, 2.24) is 10.2 Å². The SMILES string of the molecule is Cc1n[nH]c(C)c1C(C)N.Cl. The molecule has 0 aliphatic carbocycles. The van der Waals surface area contributed by atoms with Crippen molar-refractivity contribution in [1.29, 1.82) is 0 Å². The van der Waals surface area contributed by atoms with E-state index in [0.717, 1.165) is 17.0 Å². The first-order valence-electron chi connectivity index (χ1n) is 3.40. The van der Waals surface area contributed by atoms with Gasteiger partial charge in [0.25, 0.3) is 0 Å². The fourth-order valence-corrected chi connectivity index (χ4v) is 1.23. The highest BCUT2D eigenvalue weighted by Crippen LogP contribution is 2.15. The van der Waals surface area contributed by atoms with Crippen molar-refractivity contribution in [2.24, 2.45) is 5.73 Å². The molecule has 0 saturated heterocycles. The van der Waals surface area contributed by atoms with E-state index in [-0.39, 0.29) is 18.4 Å². The third-order valence-electron chi connectivity index (χ3n) is 1.64. The molecule has 64 valence electrons. The van der Waals surface area contributed by atoms with Crippen molar-refractivity contribution in [3.63, 3.8) is 0 Å². The lowest BCUT2D eigenvalue weighted by molar-refractivity contribution is 0.803. The van der Waals surface area contributed by atoms with Gasteiger partial charge in [-0.05, 0) is 20.8 Å². The number of halogens is 1. The number of rotatable bonds is 1. The molecular formula is C7H14ClN3. The molecule has 1 rings (SSSR count). The molecule has 0 amide bonds. The van der Waals surface area contributed by atoms with Crippen molar-refractivity contribution < 1.29 is 0 Å². The standard InChI is InChI=1S/C7H13N3.ClH/c1-4(8)7-5(2)9-10-6(7)3;/h4H,8H2,1-3H3,(H,9,10);1H. The van der Waals surface area contributed by atoms with E-state index in [4.69, 9.17) is 5.73 Å². The van der Waals surface area contributed by atoms with Crippen molar-refractivity contribution in [2.75, 3.05) is 0 Å². The Kier molecular flexibility index (Phi) is 3.55. The largest absolute Gasteiger partial charge is 0.324 e. The molecule has 0 aliphatic heterocycles. The maximum atomic E-state index is 5.70. The highest BCUT2D eigenvalue weighted by atomic mass is 35.5. The zero-order chi connectivity index (χ0) is 7.72. The zero-order valence-electron chi connectivity index (χ0n) is 7.01. The van der Waals surface area contributed by atoms with E-state index >= 15 is 0 Å². The number of aromatic amines is 1. The van der Waals surface area contributed by atoms with E-state index in [1.165, 1.54) is 0 Å². The number of nitrogens with two attached hydrogens (primary N) is 1. The van der Waals surface area contributed by atoms with Gasteiger partial charge in [-0.3, -0.25) is 5.10 Å². The lowest BCUT2D eigenvalue weighted by Gasteiger charge is -2.03. The number of hydrogen-bond acceptors (Lipinski definition) is 2. The Morgan fingerprint density at radius 2 is 2.00 bits per heavy atom. The van der Waals surface area contributed by atoms with Crippen LogP contribution in [0.25, 0.3) is 0 Å². The van der Waals surface area contributed by atoms with Gasteiger partial charge in [0.05, 0.1) is 5.69 Å². The molecule has 3 nitrogen and oxygen atoms in total. The lowest BCUT2D eigenvalue weighted by Crippen LogP contribution is -2.06. The van der Waals surface area contributed by atoms with E-state index in [1.807, 2.05) is 20.8 Å². The molecule has 1 heterocycles. The molecule has 1 aromatic heterocycles. The van der Waals surface area contributed by atoms with E-state index in [9.17, 15) is 0 Å². The van der Waals surface area contributed by atoms with Gasteiger partial charge in [-0.1, -0.05) is 0 Å². The minimum absolute atomic E-state index is 0. The smallest absolute Gasteiger partial charge is 0.0641 e. The highest BCUT2D eigenvalue weighted by molar-refractivity contribution is 5.85. The monoisotopic (exact) mass is 175 g/mol. The summed E-state index contributed by atoms with van der Waals surface area (Å²) in [6.45, 7) is 5.91. The van der Waals surface area contributed by atoms with Crippen LogP contribution in [0.4, 0.5) is 0 Å². The summed E-state index contributed by atoms with van der Waals surface area (Å²) in [5.74, 6) is 0. The number of H-pyrrole nitrogens is 1. The molecule has 1 atom stereocenters. The predicted molar refractivity (Wildman–Crippen MR) is 47.9 cm³/mol.